The number of benzene rings is 1. The maximum atomic E-state index is 12.6. The number of pyridine rings is 1. The third kappa shape index (κ3) is 2.73. The van der Waals surface area contributed by atoms with Gasteiger partial charge in [-0.3, -0.25) is 4.79 Å². The summed E-state index contributed by atoms with van der Waals surface area (Å²) >= 11 is 0. The Morgan fingerprint density at radius 1 is 1.21 bits per heavy atom. The molecule has 0 fully saturated rings. The molecule has 1 aromatic heterocycles. The number of hydrogen-bond acceptors (Lipinski definition) is 3. The maximum absolute atomic E-state index is 12.6. The van der Waals surface area contributed by atoms with Gasteiger partial charge in [-0.1, -0.05) is 12.1 Å². The van der Waals surface area contributed by atoms with E-state index < -0.39 is 11.7 Å². The van der Waals surface area contributed by atoms with Crippen molar-refractivity contribution in [2.45, 2.75) is 6.18 Å². The lowest BCUT2D eigenvalue weighted by Gasteiger charge is -2.10. The Bertz CT molecular complexity index is 624. The highest BCUT2D eigenvalue weighted by atomic mass is 19.4. The number of carbonyl (C=O) groups is 1. The van der Waals surface area contributed by atoms with Crippen LogP contribution < -0.4 is 5.73 Å². The van der Waals surface area contributed by atoms with Crippen LogP contribution >= 0.6 is 0 Å². The maximum Gasteiger partial charge on any atom is 0.416 e. The number of halogens is 3. The van der Waals surface area contributed by atoms with Crippen LogP contribution in [0.25, 0.3) is 11.1 Å². The van der Waals surface area contributed by atoms with E-state index in [2.05, 4.69) is 4.98 Å². The van der Waals surface area contributed by atoms with Gasteiger partial charge in [0.15, 0.2) is 6.29 Å². The summed E-state index contributed by atoms with van der Waals surface area (Å²) < 4.78 is 37.9. The number of aromatic nitrogens is 1. The Morgan fingerprint density at radius 3 is 2.58 bits per heavy atom. The lowest BCUT2D eigenvalue weighted by molar-refractivity contribution is -0.137. The highest BCUT2D eigenvalue weighted by molar-refractivity contribution is 5.82. The summed E-state index contributed by atoms with van der Waals surface area (Å²) in [5.74, 6) is 0.0740. The molecule has 0 amide bonds. The summed E-state index contributed by atoms with van der Waals surface area (Å²) in [5.41, 5.74) is 5.67. The number of nitrogens with two attached hydrogens (primary N) is 1. The molecule has 0 spiro atoms. The summed E-state index contributed by atoms with van der Waals surface area (Å²) in [5, 5.41) is 0. The Hall–Kier alpha value is -2.37. The number of aldehydes is 1. The van der Waals surface area contributed by atoms with Crippen LogP contribution in [0.2, 0.25) is 0 Å². The Labute approximate surface area is 106 Å². The van der Waals surface area contributed by atoms with Crippen LogP contribution in [-0.4, -0.2) is 11.3 Å². The van der Waals surface area contributed by atoms with E-state index in [4.69, 9.17) is 5.73 Å². The van der Waals surface area contributed by atoms with Gasteiger partial charge in [0, 0.05) is 17.3 Å². The van der Waals surface area contributed by atoms with Gasteiger partial charge in [0.25, 0.3) is 0 Å². The van der Waals surface area contributed by atoms with Gasteiger partial charge in [-0.2, -0.15) is 13.2 Å². The van der Waals surface area contributed by atoms with Crippen LogP contribution in [0.15, 0.2) is 36.5 Å². The SMILES string of the molecule is Nc1ncc(C=O)cc1-c1cccc(C(F)(F)F)c1. The molecular formula is C13H9F3N2O. The predicted octanol–water partition coefficient (Wildman–Crippen LogP) is 3.16. The average molecular weight is 266 g/mol. The highest BCUT2D eigenvalue weighted by Crippen LogP contribution is 2.33. The van der Waals surface area contributed by atoms with Crippen molar-refractivity contribution in [2.24, 2.45) is 0 Å². The molecule has 1 heterocycles. The minimum absolute atomic E-state index is 0.0740. The van der Waals surface area contributed by atoms with Crippen LogP contribution in [0.4, 0.5) is 19.0 Å². The smallest absolute Gasteiger partial charge is 0.383 e. The van der Waals surface area contributed by atoms with Crippen molar-refractivity contribution in [2.75, 3.05) is 5.73 Å². The van der Waals surface area contributed by atoms with Crippen molar-refractivity contribution in [1.82, 2.24) is 4.98 Å². The van der Waals surface area contributed by atoms with E-state index in [0.717, 1.165) is 12.1 Å². The second kappa shape index (κ2) is 4.72. The molecule has 0 aliphatic rings. The first kappa shape index (κ1) is 13.1. The average Bonchev–Trinajstić information content (AvgIpc) is 2.38. The molecule has 0 saturated carbocycles. The number of nitrogens with zero attached hydrogens (tertiary/aromatic N) is 1. The third-order valence-corrected chi connectivity index (χ3v) is 2.58. The molecule has 0 aliphatic heterocycles. The lowest BCUT2D eigenvalue weighted by atomic mass is 10.0. The zero-order chi connectivity index (χ0) is 14.0. The number of hydrogen-bond donors (Lipinski definition) is 1. The Morgan fingerprint density at radius 2 is 1.95 bits per heavy atom. The minimum atomic E-state index is -4.43. The standard InChI is InChI=1S/C13H9F3N2O/c14-13(15,16)10-3-1-2-9(5-10)11-4-8(7-19)6-18-12(11)17/h1-7H,(H2,17,18). The zero-order valence-electron chi connectivity index (χ0n) is 9.61. The largest absolute Gasteiger partial charge is 0.416 e. The normalized spacial score (nSPS) is 11.3. The van der Waals surface area contributed by atoms with Gasteiger partial charge in [0.2, 0.25) is 0 Å². The predicted molar refractivity (Wildman–Crippen MR) is 64.5 cm³/mol. The van der Waals surface area contributed by atoms with Gasteiger partial charge in [0.1, 0.15) is 5.82 Å². The Balaban J connectivity index is 2.56. The molecule has 0 saturated heterocycles. The number of carbonyl (C=O) groups excluding carboxylic acids is 1. The van der Waals surface area contributed by atoms with E-state index in [9.17, 15) is 18.0 Å². The molecule has 0 atom stereocenters. The van der Waals surface area contributed by atoms with Crippen molar-refractivity contribution >= 4 is 12.1 Å². The van der Waals surface area contributed by atoms with Crippen LogP contribution in [0.5, 0.6) is 0 Å². The summed E-state index contributed by atoms with van der Waals surface area (Å²) in [4.78, 5) is 14.5. The van der Waals surface area contributed by atoms with Crippen molar-refractivity contribution in [3.63, 3.8) is 0 Å². The zero-order valence-corrected chi connectivity index (χ0v) is 9.61. The topological polar surface area (TPSA) is 56.0 Å². The minimum Gasteiger partial charge on any atom is -0.383 e. The van der Waals surface area contributed by atoms with Crippen molar-refractivity contribution in [3.8, 4) is 11.1 Å². The number of alkyl halides is 3. The molecule has 19 heavy (non-hydrogen) atoms. The summed E-state index contributed by atoms with van der Waals surface area (Å²) in [6.45, 7) is 0. The first-order chi connectivity index (χ1) is 8.91. The molecule has 1 aromatic carbocycles. The molecule has 2 N–H and O–H groups in total. The van der Waals surface area contributed by atoms with Crippen molar-refractivity contribution < 1.29 is 18.0 Å². The number of rotatable bonds is 2. The van der Waals surface area contributed by atoms with Crippen LogP contribution in [0.1, 0.15) is 15.9 Å². The fourth-order valence-electron chi connectivity index (χ4n) is 1.65. The van der Waals surface area contributed by atoms with E-state index in [0.29, 0.717) is 11.8 Å². The molecule has 98 valence electrons. The molecule has 0 unspecified atom stereocenters. The van der Waals surface area contributed by atoms with Gasteiger partial charge in [-0.15, -0.1) is 0 Å². The second-order valence-electron chi connectivity index (χ2n) is 3.90. The monoisotopic (exact) mass is 266 g/mol. The fourth-order valence-corrected chi connectivity index (χ4v) is 1.65. The van der Waals surface area contributed by atoms with E-state index in [-0.39, 0.29) is 16.9 Å². The first-order valence-corrected chi connectivity index (χ1v) is 5.30. The molecular weight excluding hydrogens is 257 g/mol. The first-order valence-electron chi connectivity index (χ1n) is 5.30. The molecule has 0 aliphatic carbocycles. The molecule has 6 heteroatoms. The Kier molecular flexibility index (Phi) is 3.25. The molecule has 2 rings (SSSR count). The second-order valence-corrected chi connectivity index (χ2v) is 3.90. The number of nitrogen functional groups attached to an aromatic ring is 1. The van der Waals surface area contributed by atoms with E-state index in [1.54, 1.807) is 0 Å². The van der Waals surface area contributed by atoms with E-state index >= 15 is 0 Å². The van der Waals surface area contributed by atoms with E-state index in [1.165, 1.54) is 24.4 Å². The molecule has 2 aromatic rings. The molecule has 0 bridgehead atoms. The fraction of sp³-hybridized carbons (Fsp3) is 0.0769. The van der Waals surface area contributed by atoms with Gasteiger partial charge >= 0.3 is 6.18 Å². The summed E-state index contributed by atoms with van der Waals surface area (Å²) in [7, 11) is 0. The van der Waals surface area contributed by atoms with Gasteiger partial charge in [-0.05, 0) is 23.8 Å². The van der Waals surface area contributed by atoms with Crippen molar-refractivity contribution in [1.29, 1.82) is 0 Å². The quantitative estimate of drug-likeness (QED) is 0.849. The van der Waals surface area contributed by atoms with E-state index in [1.807, 2.05) is 0 Å². The van der Waals surface area contributed by atoms with Crippen LogP contribution in [-0.2, 0) is 6.18 Å². The van der Waals surface area contributed by atoms with Crippen molar-refractivity contribution in [3.05, 3.63) is 47.7 Å². The van der Waals surface area contributed by atoms with Crippen LogP contribution in [0, 0.1) is 0 Å². The van der Waals surface area contributed by atoms with Gasteiger partial charge in [-0.25, -0.2) is 4.98 Å². The molecule has 0 radical (unpaired) electrons. The number of anilines is 1. The lowest BCUT2D eigenvalue weighted by Crippen LogP contribution is -2.05. The third-order valence-electron chi connectivity index (χ3n) is 2.58. The molecule has 3 nitrogen and oxygen atoms in total. The van der Waals surface area contributed by atoms with Gasteiger partial charge < -0.3 is 5.73 Å². The highest BCUT2D eigenvalue weighted by Gasteiger charge is 2.30. The van der Waals surface area contributed by atoms with Crippen LogP contribution in [0.3, 0.4) is 0 Å². The summed E-state index contributed by atoms with van der Waals surface area (Å²) in [6, 6.07) is 6.12. The van der Waals surface area contributed by atoms with Gasteiger partial charge in [0.05, 0.1) is 5.56 Å². The summed E-state index contributed by atoms with van der Waals surface area (Å²) in [6.07, 6.45) is -2.61.